The van der Waals surface area contributed by atoms with E-state index in [-0.39, 0.29) is 5.91 Å². The summed E-state index contributed by atoms with van der Waals surface area (Å²) in [5, 5.41) is 3.92. The van der Waals surface area contributed by atoms with E-state index < -0.39 is 0 Å². The molecular weight excluding hydrogens is 416 g/mol. The third-order valence-corrected chi connectivity index (χ3v) is 5.58. The molecule has 0 saturated heterocycles. The Morgan fingerprint density at radius 1 is 1.21 bits per heavy atom. The Kier molecular flexibility index (Phi) is 8.17. The number of carbonyl (C=O) groups is 1. The maximum Gasteiger partial charge on any atom is 0.244 e. The SMILES string of the molecule is CCOc1c(/C(C)=C/C(=O)NCCCN(C)C)cc2c(-c3ccccc3OC)coc2c1C. The summed E-state index contributed by atoms with van der Waals surface area (Å²) in [6.45, 7) is 7.96. The number of furan rings is 1. The van der Waals surface area contributed by atoms with E-state index in [0.29, 0.717) is 13.2 Å². The second-order valence-corrected chi connectivity index (χ2v) is 8.31. The number of methoxy groups -OCH3 is 1. The average molecular weight is 451 g/mol. The minimum atomic E-state index is -0.108. The normalized spacial score (nSPS) is 11.8. The van der Waals surface area contributed by atoms with Crippen LogP contribution in [-0.2, 0) is 4.79 Å². The van der Waals surface area contributed by atoms with E-state index in [2.05, 4.69) is 10.2 Å². The highest BCUT2D eigenvalue weighted by Crippen LogP contribution is 2.42. The second-order valence-electron chi connectivity index (χ2n) is 8.31. The Balaban J connectivity index is 2.03. The van der Waals surface area contributed by atoms with Gasteiger partial charge in [-0.2, -0.15) is 0 Å². The number of ether oxygens (including phenoxy) is 2. The molecule has 0 saturated carbocycles. The number of amides is 1. The van der Waals surface area contributed by atoms with Crippen molar-refractivity contribution in [3.05, 3.63) is 53.8 Å². The fourth-order valence-electron chi connectivity index (χ4n) is 3.95. The molecule has 0 aliphatic rings. The van der Waals surface area contributed by atoms with Crippen molar-refractivity contribution >= 4 is 22.4 Å². The van der Waals surface area contributed by atoms with E-state index in [4.69, 9.17) is 13.9 Å². The lowest BCUT2D eigenvalue weighted by molar-refractivity contribution is -0.116. The molecular formula is C27H34N2O4. The van der Waals surface area contributed by atoms with Gasteiger partial charge in [-0.05, 0) is 65.5 Å². The number of hydrogen-bond donors (Lipinski definition) is 1. The largest absolute Gasteiger partial charge is 0.496 e. The molecule has 0 bridgehead atoms. The molecule has 0 aliphatic carbocycles. The molecule has 2 aromatic carbocycles. The minimum absolute atomic E-state index is 0.108. The maximum atomic E-state index is 12.5. The lowest BCUT2D eigenvalue weighted by Gasteiger charge is -2.15. The van der Waals surface area contributed by atoms with Crippen molar-refractivity contribution in [3.63, 3.8) is 0 Å². The predicted molar refractivity (Wildman–Crippen MR) is 134 cm³/mol. The molecule has 0 atom stereocenters. The second kappa shape index (κ2) is 11.1. The first kappa shape index (κ1) is 24.4. The van der Waals surface area contributed by atoms with Crippen molar-refractivity contribution in [3.8, 4) is 22.6 Å². The fourth-order valence-corrected chi connectivity index (χ4v) is 3.95. The number of para-hydroxylation sites is 1. The maximum absolute atomic E-state index is 12.5. The van der Waals surface area contributed by atoms with Crippen LogP contribution in [0.25, 0.3) is 27.7 Å². The van der Waals surface area contributed by atoms with Crippen LogP contribution < -0.4 is 14.8 Å². The van der Waals surface area contributed by atoms with Gasteiger partial charge in [0.1, 0.15) is 17.1 Å². The number of hydrogen-bond acceptors (Lipinski definition) is 5. The highest BCUT2D eigenvalue weighted by Gasteiger charge is 2.20. The highest BCUT2D eigenvalue weighted by molar-refractivity contribution is 6.02. The van der Waals surface area contributed by atoms with Crippen LogP contribution in [0.5, 0.6) is 11.5 Å². The molecule has 0 radical (unpaired) electrons. The average Bonchev–Trinajstić information content (AvgIpc) is 3.22. The summed E-state index contributed by atoms with van der Waals surface area (Å²) in [4.78, 5) is 14.6. The summed E-state index contributed by atoms with van der Waals surface area (Å²) in [5.74, 6) is 1.40. The molecule has 33 heavy (non-hydrogen) atoms. The molecule has 0 unspecified atom stereocenters. The van der Waals surface area contributed by atoms with Gasteiger partial charge in [0.2, 0.25) is 5.91 Å². The number of aryl methyl sites for hydroxylation is 1. The van der Waals surface area contributed by atoms with Crippen molar-refractivity contribution in [1.82, 2.24) is 10.2 Å². The summed E-state index contributed by atoms with van der Waals surface area (Å²) in [7, 11) is 5.71. The zero-order chi connectivity index (χ0) is 24.0. The summed E-state index contributed by atoms with van der Waals surface area (Å²) < 4.78 is 17.6. The predicted octanol–water partition coefficient (Wildman–Crippen LogP) is 5.29. The van der Waals surface area contributed by atoms with Crippen molar-refractivity contribution in [2.75, 3.05) is 40.9 Å². The Morgan fingerprint density at radius 2 is 1.97 bits per heavy atom. The van der Waals surface area contributed by atoms with Crippen molar-refractivity contribution < 1.29 is 18.7 Å². The molecule has 1 N–H and O–H groups in total. The molecule has 6 heteroatoms. The lowest BCUT2D eigenvalue weighted by Crippen LogP contribution is -2.25. The van der Waals surface area contributed by atoms with Crippen molar-refractivity contribution in [1.29, 1.82) is 0 Å². The topological polar surface area (TPSA) is 63.9 Å². The van der Waals surface area contributed by atoms with Gasteiger partial charge in [0.15, 0.2) is 0 Å². The smallest absolute Gasteiger partial charge is 0.244 e. The van der Waals surface area contributed by atoms with Gasteiger partial charge in [0.05, 0.1) is 20.0 Å². The van der Waals surface area contributed by atoms with Gasteiger partial charge >= 0.3 is 0 Å². The molecule has 1 aromatic heterocycles. The molecule has 6 nitrogen and oxygen atoms in total. The van der Waals surface area contributed by atoms with Gasteiger partial charge in [-0.25, -0.2) is 0 Å². The third-order valence-electron chi connectivity index (χ3n) is 5.58. The van der Waals surface area contributed by atoms with Gasteiger partial charge in [-0.3, -0.25) is 4.79 Å². The first-order valence-corrected chi connectivity index (χ1v) is 11.3. The van der Waals surface area contributed by atoms with Crippen LogP contribution in [0.4, 0.5) is 0 Å². The Labute approximate surface area is 196 Å². The molecule has 1 amide bonds. The Hall–Kier alpha value is -3.25. The van der Waals surface area contributed by atoms with Crippen molar-refractivity contribution in [2.45, 2.75) is 27.2 Å². The monoisotopic (exact) mass is 450 g/mol. The molecule has 3 aromatic rings. The zero-order valence-electron chi connectivity index (χ0n) is 20.5. The van der Waals surface area contributed by atoms with E-state index >= 15 is 0 Å². The number of benzene rings is 2. The Bertz CT molecular complexity index is 1140. The third kappa shape index (κ3) is 5.57. The summed E-state index contributed by atoms with van der Waals surface area (Å²) in [6.07, 6.45) is 4.30. The molecule has 0 spiro atoms. The molecule has 0 fully saturated rings. The first-order chi connectivity index (χ1) is 15.9. The van der Waals surface area contributed by atoms with Crippen LogP contribution in [0.15, 0.2) is 47.1 Å². The fraction of sp³-hybridized carbons (Fsp3) is 0.370. The summed E-state index contributed by atoms with van der Waals surface area (Å²) in [5.41, 5.74) is 5.28. The standard InChI is InChI=1S/C27H34N2O4/c1-7-32-26-19(3)27-22(23(17-33-27)20-11-8-9-12-24(20)31-6)16-21(26)18(2)15-25(30)28-13-10-14-29(4)5/h8-9,11-12,15-17H,7,10,13-14H2,1-6H3,(H,28,30)/b18-15+. The summed E-state index contributed by atoms with van der Waals surface area (Å²) in [6, 6.07) is 9.91. The van der Waals surface area contributed by atoms with Crippen LogP contribution in [0, 0.1) is 6.92 Å². The number of rotatable bonds is 10. The Morgan fingerprint density at radius 3 is 2.67 bits per heavy atom. The number of fused-ring (bicyclic) bond motifs is 1. The van der Waals surface area contributed by atoms with Gasteiger partial charge in [0, 0.05) is 40.3 Å². The van der Waals surface area contributed by atoms with Crippen LogP contribution in [0.3, 0.4) is 0 Å². The molecule has 1 heterocycles. The van der Waals surface area contributed by atoms with Crippen molar-refractivity contribution in [2.24, 2.45) is 0 Å². The van der Waals surface area contributed by atoms with Crippen LogP contribution in [0.1, 0.15) is 31.4 Å². The highest BCUT2D eigenvalue weighted by atomic mass is 16.5. The van der Waals surface area contributed by atoms with E-state index in [0.717, 1.165) is 63.3 Å². The van der Waals surface area contributed by atoms with Gasteiger partial charge in [0.25, 0.3) is 0 Å². The number of carbonyl (C=O) groups excluding carboxylic acids is 1. The minimum Gasteiger partial charge on any atom is -0.496 e. The number of nitrogens with one attached hydrogen (secondary N) is 1. The van der Waals surface area contributed by atoms with Crippen LogP contribution >= 0.6 is 0 Å². The number of allylic oxidation sites excluding steroid dienone is 1. The lowest BCUT2D eigenvalue weighted by atomic mass is 9.96. The van der Waals surface area contributed by atoms with Gasteiger partial charge in [-0.15, -0.1) is 0 Å². The molecule has 176 valence electrons. The van der Waals surface area contributed by atoms with E-state index in [1.165, 1.54) is 0 Å². The first-order valence-electron chi connectivity index (χ1n) is 11.3. The molecule has 0 aliphatic heterocycles. The quantitative estimate of drug-likeness (QED) is 0.336. The van der Waals surface area contributed by atoms with Crippen LogP contribution in [-0.4, -0.2) is 51.7 Å². The zero-order valence-corrected chi connectivity index (χ0v) is 20.5. The van der Waals surface area contributed by atoms with E-state index in [1.807, 2.05) is 65.2 Å². The van der Waals surface area contributed by atoms with E-state index in [1.54, 1.807) is 19.4 Å². The van der Waals surface area contributed by atoms with Crippen LogP contribution in [0.2, 0.25) is 0 Å². The van der Waals surface area contributed by atoms with Gasteiger partial charge in [-0.1, -0.05) is 18.2 Å². The summed E-state index contributed by atoms with van der Waals surface area (Å²) >= 11 is 0. The molecule has 3 rings (SSSR count). The van der Waals surface area contributed by atoms with E-state index in [9.17, 15) is 4.79 Å². The number of nitrogens with zero attached hydrogens (tertiary/aromatic N) is 1. The van der Waals surface area contributed by atoms with Gasteiger partial charge < -0.3 is 24.1 Å².